The maximum atomic E-state index is 14.8. The molecule has 4 aromatic carbocycles. The van der Waals surface area contributed by atoms with Crippen LogP contribution in [0.2, 0.25) is 15.1 Å². The number of sulfonamides is 1. The predicted octanol–water partition coefficient (Wildman–Crippen LogP) is 8.33. The van der Waals surface area contributed by atoms with Gasteiger partial charge in [0, 0.05) is 34.1 Å². The van der Waals surface area contributed by atoms with Crippen molar-refractivity contribution >= 4 is 62.3 Å². The second-order valence-electron chi connectivity index (χ2n) is 12.2. The average molecular weight is 757 g/mol. The van der Waals surface area contributed by atoms with Gasteiger partial charge in [0.1, 0.15) is 18.3 Å². The molecule has 1 fully saturated rings. The molecule has 0 unspecified atom stereocenters. The zero-order valence-electron chi connectivity index (χ0n) is 27.7. The van der Waals surface area contributed by atoms with Crippen molar-refractivity contribution in [3.8, 4) is 5.75 Å². The van der Waals surface area contributed by atoms with Crippen LogP contribution in [0.15, 0.2) is 102 Å². The van der Waals surface area contributed by atoms with Gasteiger partial charge >= 0.3 is 0 Å². The number of nitrogens with one attached hydrogen (secondary N) is 1. The van der Waals surface area contributed by atoms with Crippen LogP contribution in [0.4, 0.5) is 5.69 Å². The molecule has 1 aliphatic carbocycles. The number of carbonyl (C=O) groups excluding carboxylic acids is 2. The quantitative estimate of drug-likeness (QED) is 0.140. The van der Waals surface area contributed by atoms with Crippen molar-refractivity contribution in [3.63, 3.8) is 0 Å². The summed E-state index contributed by atoms with van der Waals surface area (Å²) in [6, 6.07) is 25.6. The molecule has 2 amide bonds. The molecule has 4 aromatic rings. The minimum Gasteiger partial charge on any atom is -0.494 e. The summed E-state index contributed by atoms with van der Waals surface area (Å²) in [6.07, 6.45) is 5.04. The lowest BCUT2D eigenvalue weighted by atomic mass is 9.94. The number of benzene rings is 4. The summed E-state index contributed by atoms with van der Waals surface area (Å²) in [5.41, 5.74) is 1.64. The molecule has 0 spiro atoms. The molecule has 1 atom stereocenters. The first-order valence-electron chi connectivity index (χ1n) is 16.6. The monoisotopic (exact) mass is 755 g/mol. The predicted molar refractivity (Wildman–Crippen MR) is 200 cm³/mol. The molecule has 0 aliphatic heterocycles. The van der Waals surface area contributed by atoms with Crippen molar-refractivity contribution in [1.82, 2.24) is 10.2 Å². The maximum absolute atomic E-state index is 14.8. The Kier molecular flexibility index (Phi) is 13.1. The highest BCUT2D eigenvalue weighted by Crippen LogP contribution is 2.29. The van der Waals surface area contributed by atoms with Crippen LogP contribution in [0.3, 0.4) is 0 Å². The minimum atomic E-state index is -4.30. The Morgan fingerprint density at radius 2 is 1.52 bits per heavy atom. The first kappa shape index (κ1) is 37.5. The van der Waals surface area contributed by atoms with Crippen molar-refractivity contribution in [2.45, 2.75) is 69.0 Å². The zero-order chi connectivity index (χ0) is 35.7. The highest BCUT2D eigenvalue weighted by molar-refractivity contribution is 7.92. The molecule has 0 aromatic heterocycles. The van der Waals surface area contributed by atoms with E-state index >= 15 is 0 Å². The Balaban J connectivity index is 1.58. The molecule has 1 N–H and O–H groups in total. The van der Waals surface area contributed by atoms with Gasteiger partial charge in [-0.2, -0.15) is 0 Å². The van der Waals surface area contributed by atoms with E-state index in [1.807, 2.05) is 37.3 Å². The van der Waals surface area contributed by atoms with Crippen LogP contribution in [0.5, 0.6) is 5.75 Å². The van der Waals surface area contributed by atoms with E-state index in [2.05, 4.69) is 5.32 Å². The molecule has 1 saturated carbocycles. The number of hydrogen-bond acceptors (Lipinski definition) is 5. The van der Waals surface area contributed by atoms with Crippen molar-refractivity contribution in [1.29, 1.82) is 0 Å². The summed E-state index contributed by atoms with van der Waals surface area (Å²) in [5.74, 6) is -0.359. The minimum absolute atomic E-state index is 0.0174. The Hall–Kier alpha value is -3.76. The zero-order valence-corrected chi connectivity index (χ0v) is 30.8. The van der Waals surface area contributed by atoms with Gasteiger partial charge in [-0.3, -0.25) is 13.9 Å². The molecular formula is C38H40Cl3N3O5S. The molecule has 0 saturated heterocycles. The topological polar surface area (TPSA) is 96.0 Å². The van der Waals surface area contributed by atoms with Crippen LogP contribution in [-0.4, -0.2) is 50.4 Å². The number of rotatable bonds is 14. The van der Waals surface area contributed by atoms with E-state index in [0.29, 0.717) is 33.0 Å². The smallest absolute Gasteiger partial charge is 0.264 e. The molecule has 50 heavy (non-hydrogen) atoms. The van der Waals surface area contributed by atoms with Crippen LogP contribution in [0.25, 0.3) is 0 Å². The Bertz CT molecular complexity index is 1850. The third kappa shape index (κ3) is 9.72. The van der Waals surface area contributed by atoms with E-state index in [1.54, 1.807) is 42.5 Å². The molecule has 0 heterocycles. The fourth-order valence-electron chi connectivity index (χ4n) is 6.07. The van der Waals surface area contributed by atoms with Gasteiger partial charge in [0.15, 0.2) is 0 Å². The number of nitrogens with zero attached hydrogens (tertiary/aromatic N) is 2. The average Bonchev–Trinajstić information content (AvgIpc) is 3.11. The SMILES string of the molecule is CCOc1ccc(N(CC(=O)N(Cc2ccc(Cl)cc2Cl)[C@H](Cc2ccccc2)C(=O)NC2CCCCC2)S(=O)(=O)c2ccc(Cl)cc2)cc1. The van der Waals surface area contributed by atoms with Crippen LogP contribution in [-0.2, 0) is 32.6 Å². The van der Waals surface area contributed by atoms with E-state index in [0.717, 1.165) is 42.0 Å². The van der Waals surface area contributed by atoms with Crippen molar-refractivity contribution in [2.75, 3.05) is 17.5 Å². The van der Waals surface area contributed by atoms with Crippen molar-refractivity contribution in [3.05, 3.63) is 123 Å². The number of halogens is 3. The standard InChI is InChI=1S/C38H40Cl3N3O5S/c1-2-49-33-19-17-32(18-20-33)44(50(47,48)34-21-15-29(39)16-22-34)26-37(45)43(25-28-13-14-30(40)24-35(28)41)36(23-27-9-5-3-6-10-27)38(46)42-31-11-7-4-8-12-31/h3,5-6,9-10,13-22,24,31,36H,2,4,7-8,11-12,23,25-26H2,1H3,(H,42,46)/t36-/m1/s1. The summed E-state index contributed by atoms with van der Waals surface area (Å²) in [7, 11) is -4.30. The molecule has 8 nitrogen and oxygen atoms in total. The lowest BCUT2D eigenvalue weighted by Gasteiger charge is -2.35. The van der Waals surface area contributed by atoms with E-state index < -0.39 is 28.5 Å². The number of carbonyl (C=O) groups is 2. The van der Waals surface area contributed by atoms with Crippen LogP contribution >= 0.6 is 34.8 Å². The van der Waals surface area contributed by atoms with Gasteiger partial charge in [-0.1, -0.05) is 90.5 Å². The summed E-state index contributed by atoms with van der Waals surface area (Å²) in [6.45, 7) is 1.61. The van der Waals surface area contributed by atoms with E-state index in [4.69, 9.17) is 39.5 Å². The first-order valence-corrected chi connectivity index (χ1v) is 19.2. The Labute approximate surface area is 309 Å². The summed E-state index contributed by atoms with van der Waals surface area (Å²) in [5, 5.41) is 4.31. The third-order valence-corrected chi connectivity index (χ3v) is 11.3. The number of hydrogen-bond donors (Lipinski definition) is 1. The number of anilines is 1. The number of ether oxygens (including phenoxy) is 1. The van der Waals surface area contributed by atoms with E-state index in [9.17, 15) is 18.0 Å². The second-order valence-corrected chi connectivity index (χ2v) is 15.3. The van der Waals surface area contributed by atoms with Gasteiger partial charge < -0.3 is 15.0 Å². The molecule has 12 heteroatoms. The highest BCUT2D eigenvalue weighted by atomic mass is 35.5. The van der Waals surface area contributed by atoms with Gasteiger partial charge in [0.2, 0.25) is 11.8 Å². The Morgan fingerprint density at radius 1 is 0.860 bits per heavy atom. The van der Waals surface area contributed by atoms with Crippen LogP contribution < -0.4 is 14.4 Å². The van der Waals surface area contributed by atoms with Crippen molar-refractivity contribution < 1.29 is 22.7 Å². The van der Waals surface area contributed by atoms with Gasteiger partial charge in [0.25, 0.3) is 10.0 Å². The lowest BCUT2D eigenvalue weighted by molar-refractivity contribution is -0.140. The van der Waals surface area contributed by atoms with E-state index in [-0.39, 0.29) is 35.5 Å². The van der Waals surface area contributed by atoms with Gasteiger partial charge in [-0.25, -0.2) is 8.42 Å². The molecule has 0 bridgehead atoms. The summed E-state index contributed by atoms with van der Waals surface area (Å²) < 4.78 is 35.2. The summed E-state index contributed by atoms with van der Waals surface area (Å²) >= 11 is 18.9. The number of amides is 2. The third-order valence-electron chi connectivity index (χ3n) is 8.69. The molecule has 264 valence electrons. The van der Waals surface area contributed by atoms with Gasteiger partial charge in [-0.05, 0) is 91.6 Å². The highest BCUT2D eigenvalue weighted by Gasteiger charge is 2.35. The molecule has 5 rings (SSSR count). The van der Waals surface area contributed by atoms with Gasteiger partial charge in [-0.15, -0.1) is 0 Å². The second kappa shape index (κ2) is 17.4. The largest absolute Gasteiger partial charge is 0.494 e. The fraction of sp³-hybridized carbons (Fsp3) is 0.316. The summed E-state index contributed by atoms with van der Waals surface area (Å²) in [4.78, 5) is 30.4. The maximum Gasteiger partial charge on any atom is 0.264 e. The molecule has 0 radical (unpaired) electrons. The fourth-order valence-corrected chi connectivity index (χ4v) is 8.08. The molecule has 1 aliphatic rings. The molecular weight excluding hydrogens is 717 g/mol. The van der Waals surface area contributed by atoms with Gasteiger partial charge in [0.05, 0.1) is 17.2 Å². The van der Waals surface area contributed by atoms with Crippen molar-refractivity contribution in [2.24, 2.45) is 0 Å². The first-order chi connectivity index (χ1) is 24.0. The Morgan fingerprint density at radius 3 is 2.16 bits per heavy atom. The van der Waals surface area contributed by atoms with Crippen LogP contribution in [0, 0.1) is 0 Å². The van der Waals surface area contributed by atoms with E-state index in [1.165, 1.54) is 29.2 Å². The van der Waals surface area contributed by atoms with Crippen LogP contribution in [0.1, 0.15) is 50.2 Å². The normalized spacial score (nSPS) is 14.1. The lowest BCUT2D eigenvalue weighted by Crippen LogP contribution is -2.55.